The van der Waals surface area contributed by atoms with Gasteiger partial charge >= 0.3 is 6.03 Å². The number of amides is 2. The predicted octanol–water partition coefficient (Wildman–Crippen LogP) is 1.99. The van der Waals surface area contributed by atoms with Crippen molar-refractivity contribution < 1.29 is 4.79 Å². The molecule has 104 valence electrons. The quantitative estimate of drug-likeness (QED) is 0.732. The van der Waals surface area contributed by atoms with Crippen molar-refractivity contribution in [2.24, 2.45) is 0 Å². The van der Waals surface area contributed by atoms with Crippen LogP contribution in [0.3, 0.4) is 0 Å². The Labute approximate surface area is 118 Å². The molecule has 0 bridgehead atoms. The maximum atomic E-state index is 11.7. The molecule has 2 rings (SSSR count). The van der Waals surface area contributed by atoms with Gasteiger partial charge in [-0.1, -0.05) is 17.7 Å². The molecule has 0 spiro atoms. The Morgan fingerprint density at radius 1 is 1.45 bits per heavy atom. The van der Waals surface area contributed by atoms with Gasteiger partial charge < -0.3 is 16.0 Å². The highest BCUT2D eigenvalue weighted by molar-refractivity contribution is 5.89. The largest absolute Gasteiger partial charge is 0.338 e. The summed E-state index contributed by atoms with van der Waals surface area (Å²) in [5.41, 5.74) is 2.54. The summed E-state index contributed by atoms with van der Waals surface area (Å²) in [7, 11) is 0. The highest BCUT2D eigenvalue weighted by Crippen LogP contribution is 2.10. The van der Waals surface area contributed by atoms with E-state index < -0.39 is 0 Å². The maximum Gasteiger partial charge on any atom is 0.319 e. The molecule has 1 aromatic carbocycles. The van der Waals surface area contributed by atoms with Crippen LogP contribution in [0.4, 0.5) is 10.5 Å². The van der Waals surface area contributed by atoms with Crippen LogP contribution in [0.25, 0.3) is 0 Å². The van der Waals surface area contributed by atoms with Gasteiger partial charge in [0.25, 0.3) is 0 Å². The fraction of sp³-hybridized carbons (Fsp3) is 0.333. The zero-order valence-electron chi connectivity index (χ0n) is 11.3. The minimum Gasteiger partial charge on any atom is -0.338 e. The smallest absolute Gasteiger partial charge is 0.319 e. The van der Waals surface area contributed by atoms with Crippen molar-refractivity contribution in [3.05, 3.63) is 41.5 Å². The first kappa shape index (κ1) is 14.1. The van der Waals surface area contributed by atoms with E-state index in [0.29, 0.717) is 17.8 Å². The topological polar surface area (TPSA) is 77.0 Å². The van der Waals surface area contributed by atoms with Crippen LogP contribution in [0.2, 0.25) is 0 Å². The number of carbonyl (C=O) groups is 1. The van der Waals surface area contributed by atoms with E-state index in [9.17, 15) is 4.79 Å². The third-order valence-electron chi connectivity index (χ3n) is 3.14. The Morgan fingerprint density at radius 3 is 3.10 bits per heavy atom. The van der Waals surface area contributed by atoms with Crippen LogP contribution in [0.15, 0.2) is 35.9 Å². The van der Waals surface area contributed by atoms with Gasteiger partial charge in [0.2, 0.25) is 0 Å². The van der Waals surface area contributed by atoms with Gasteiger partial charge in [0.15, 0.2) is 0 Å². The molecule has 0 aliphatic carbocycles. The molecule has 0 saturated heterocycles. The average molecular weight is 270 g/mol. The SMILES string of the molecule is N#Cc1cccc(NC(=O)NCCC2=CCNCC2)c1. The zero-order chi connectivity index (χ0) is 14.2. The average Bonchev–Trinajstić information content (AvgIpc) is 2.48. The molecule has 5 heteroatoms. The lowest BCUT2D eigenvalue weighted by Gasteiger charge is -2.14. The lowest BCUT2D eigenvalue weighted by Crippen LogP contribution is -2.30. The monoisotopic (exact) mass is 270 g/mol. The first-order valence-electron chi connectivity index (χ1n) is 6.71. The van der Waals surface area contributed by atoms with Crippen LogP contribution >= 0.6 is 0 Å². The summed E-state index contributed by atoms with van der Waals surface area (Å²) >= 11 is 0. The van der Waals surface area contributed by atoms with Gasteiger partial charge in [-0.25, -0.2) is 4.79 Å². The molecule has 1 aliphatic rings. The Morgan fingerprint density at radius 2 is 2.35 bits per heavy atom. The molecule has 0 radical (unpaired) electrons. The molecule has 1 heterocycles. The summed E-state index contributed by atoms with van der Waals surface area (Å²) in [4.78, 5) is 11.7. The number of nitrogens with zero attached hydrogens (tertiary/aromatic N) is 1. The fourth-order valence-electron chi connectivity index (χ4n) is 2.08. The summed E-state index contributed by atoms with van der Waals surface area (Å²) in [5, 5.41) is 17.6. The summed E-state index contributed by atoms with van der Waals surface area (Å²) in [6, 6.07) is 8.65. The molecule has 20 heavy (non-hydrogen) atoms. The van der Waals surface area contributed by atoms with Crippen LogP contribution in [0.1, 0.15) is 18.4 Å². The first-order chi connectivity index (χ1) is 9.78. The number of benzene rings is 1. The molecular formula is C15H18N4O. The highest BCUT2D eigenvalue weighted by atomic mass is 16.2. The lowest BCUT2D eigenvalue weighted by atomic mass is 10.1. The van der Waals surface area contributed by atoms with Gasteiger partial charge in [-0.15, -0.1) is 0 Å². The van der Waals surface area contributed by atoms with Crippen LogP contribution in [-0.4, -0.2) is 25.7 Å². The van der Waals surface area contributed by atoms with Crippen molar-refractivity contribution in [3.8, 4) is 6.07 Å². The molecule has 0 fully saturated rings. The predicted molar refractivity (Wildman–Crippen MR) is 78.4 cm³/mol. The number of rotatable bonds is 4. The number of hydrogen-bond donors (Lipinski definition) is 3. The second-order valence-electron chi connectivity index (χ2n) is 4.64. The Hall–Kier alpha value is -2.32. The molecule has 0 atom stereocenters. The van der Waals surface area contributed by atoms with E-state index >= 15 is 0 Å². The Bertz CT molecular complexity index is 545. The Kier molecular flexibility index (Phi) is 5.15. The van der Waals surface area contributed by atoms with Crippen molar-refractivity contribution in [2.75, 3.05) is 25.0 Å². The van der Waals surface area contributed by atoms with Gasteiger partial charge in [0.05, 0.1) is 11.6 Å². The van der Waals surface area contributed by atoms with E-state index in [1.54, 1.807) is 24.3 Å². The van der Waals surface area contributed by atoms with Crippen molar-refractivity contribution in [2.45, 2.75) is 12.8 Å². The van der Waals surface area contributed by atoms with Crippen molar-refractivity contribution in [1.29, 1.82) is 5.26 Å². The minimum atomic E-state index is -0.241. The van der Waals surface area contributed by atoms with E-state index in [0.717, 1.165) is 25.9 Å². The van der Waals surface area contributed by atoms with Crippen molar-refractivity contribution in [3.63, 3.8) is 0 Å². The normalized spacial score (nSPS) is 14.1. The zero-order valence-corrected chi connectivity index (χ0v) is 11.3. The molecule has 0 saturated carbocycles. The van der Waals surface area contributed by atoms with E-state index in [1.807, 2.05) is 6.07 Å². The van der Waals surface area contributed by atoms with E-state index in [1.165, 1.54) is 5.57 Å². The molecule has 2 amide bonds. The third kappa shape index (κ3) is 4.41. The standard InChI is InChI=1S/C15H18N4O/c16-11-13-2-1-3-14(10-13)19-15(20)18-9-6-12-4-7-17-8-5-12/h1-4,10,17H,5-9H2,(H2,18,19,20). The first-order valence-corrected chi connectivity index (χ1v) is 6.71. The van der Waals surface area contributed by atoms with E-state index in [2.05, 4.69) is 22.0 Å². The molecule has 3 N–H and O–H groups in total. The number of nitriles is 1. The number of hydrogen-bond acceptors (Lipinski definition) is 3. The summed E-state index contributed by atoms with van der Waals surface area (Å²) < 4.78 is 0. The number of urea groups is 1. The van der Waals surface area contributed by atoms with Crippen molar-refractivity contribution >= 4 is 11.7 Å². The fourth-order valence-corrected chi connectivity index (χ4v) is 2.08. The minimum absolute atomic E-state index is 0.241. The summed E-state index contributed by atoms with van der Waals surface area (Å²) in [6.45, 7) is 2.55. The summed E-state index contributed by atoms with van der Waals surface area (Å²) in [6.07, 6.45) is 4.11. The van der Waals surface area contributed by atoms with Crippen LogP contribution in [-0.2, 0) is 0 Å². The second-order valence-corrected chi connectivity index (χ2v) is 4.64. The molecule has 5 nitrogen and oxygen atoms in total. The van der Waals surface area contributed by atoms with Gasteiger partial charge in [-0.05, 0) is 37.6 Å². The van der Waals surface area contributed by atoms with Gasteiger partial charge in [0, 0.05) is 18.8 Å². The summed E-state index contributed by atoms with van der Waals surface area (Å²) in [5.74, 6) is 0. The molecule has 1 aliphatic heterocycles. The molecule has 0 unspecified atom stereocenters. The van der Waals surface area contributed by atoms with Gasteiger partial charge in [-0.3, -0.25) is 0 Å². The van der Waals surface area contributed by atoms with E-state index in [-0.39, 0.29) is 6.03 Å². The Balaban J connectivity index is 1.75. The lowest BCUT2D eigenvalue weighted by molar-refractivity contribution is 0.252. The van der Waals surface area contributed by atoms with Crippen LogP contribution in [0.5, 0.6) is 0 Å². The molecule has 1 aromatic rings. The van der Waals surface area contributed by atoms with Gasteiger partial charge in [0.1, 0.15) is 0 Å². The highest BCUT2D eigenvalue weighted by Gasteiger charge is 2.05. The van der Waals surface area contributed by atoms with Crippen LogP contribution < -0.4 is 16.0 Å². The number of nitrogens with one attached hydrogen (secondary N) is 3. The maximum absolute atomic E-state index is 11.7. The third-order valence-corrected chi connectivity index (χ3v) is 3.14. The molecule has 0 aromatic heterocycles. The number of carbonyl (C=O) groups excluding carboxylic acids is 1. The second kappa shape index (κ2) is 7.31. The van der Waals surface area contributed by atoms with E-state index in [4.69, 9.17) is 5.26 Å². The molecular weight excluding hydrogens is 252 g/mol. The van der Waals surface area contributed by atoms with Gasteiger partial charge in [-0.2, -0.15) is 5.26 Å². The van der Waals surface area contributed by atoms with Crippen LogP contribution in [0, 0.1) is 11.3 Å². The van der Waals surface area contributed by atoms with Crippen molar-refractivity contribution in [1.82, 2.24) is 10.6 Å². The number of anilines is 1.